The molecule has 2 amide bonds. The molecule has 1 aromatic rings. The van der Waals surface area contributed by atoms with Crippen molar-refractivity contribution in [2.75, 3.05) is 4.90 Å². The van der Waals surface area contributed by atoms with Gasteiger partial charge in [0, 0.05) is 5.02 Å². The summed E-state index contributed by atoms with van der Waals surface area (Å²) in [6, 6.07) is 4.35. The van der Waals surface area contributed by atoms with Gasteiger partial charge >= 0.3 is 0 Å². The van der Waals surface area contributed by atoms with E-state index in [1.165, 1.54) is 18.2 Å². The number of nitrogens with zero attached hydrogens (tertiary/aromatic N) is 1. The first kappa shape index (κ1) is 13.2. The maximum Gasteiger partial charge on any atom is 0.238 e. The number of hydrogen-bond acceptors (Lipinski definition) is 3. The van der Waals surface area contributed by atoms with E-state index in [0.717, 1.165) is 4.90 Å². The Labute approximate surface area is 121 Å². The zero-order valence-electron chi connectivity index (χ0n) is 10.9. The summed E-state index contributed by atoms with van der Waals surface area (Å²) in [5.74, 6) is -1.28. The molecule has 0 unspecified atom stereocenters. The van der Waals surface area contributed by atoms with Crippen LogP contribution in [0.4, 0.5) is 5.69 Å². The molecule has 1 aromatic carbocycles. The minimum atomic E-state index is -0.342. The van der Waals surface area contributed by atoms with E-state index in [-0.39, 0.29) is 41.0 Å². The fourth-order valence-electron chi connectivity index (χ4n) is 3.06. The van der Waals surface area contributed by atoms with Gasteiger partial charge in [-0.2, -0.15) is 0 Å². The molecule has 1 heterocycles. The quantitative estimate of drug-likeness (QED) is 0.639. The molecule has 0 spiro atoms. The molecule has 1 N–H and O–H groups in total. The zero-order valence-corrected chi connectivity index (χ0v) is 11.7. The van der Waals surface area contributed by atoms with Crippen LogP contribution in [0.25, 0.3) is 0 Å². The van der Waals surface area contributed by atoms with Crippen molar-refractivity contribution in [1.82, 2.24) is 0 Å². The lowest BCUT2D eigenvalue weighted by molar-refractivity contribution is -0.122. The number of halogens is 1. The third-order valence-electron chi connectivity index (χ3n) is 4.05. The van der Waals surface area contributed by atoms with Crippen LogP contribution in [-0.2, 0) is 9.59 Å². The van der Waals surface area contributed by atoms with Crippen LogP contribution in [0.3, 0.4) is 0 Å². The molecule has 0 radical (unpaired) electrons. The molecule has 3 rings (SSSR count). The van der Waals surface area contributed by atoms with Gasteiger partial charge in [0.1, 0.15) is 5.75 Å². The van der Waals surface area contributed by atoms with Crippen molar-refractivity contribution in [3.8, 4) is 5.75 Å². The van der Waals surface area contributed by atoms with E-state index in [2.05, 4.69) is 0 Å². The van der Waals surface area contributed by atoms with E-state index >= 15 is 0 Å². The fraction of sp³-hybridized carbons (Fsp3) is 0.333. The van der Waals surface area contributed by atoms with Crippen molar-refractivity contribution in [2.45, 2.75) is 13.3 Å². The maximum absolute atomic E-state index is 12.5. The highest BCUT2D eigenvalue weighted by atomic mass is 35.5. The van der Waals surface area contributed by atoms with Gasteiger partial charge in [0.15, 0.2) is 0 Å². The van der Waals surface area contributed by atoms with Gasteiger partial charge < -0.3 is 5.11 Å². The van der Waals surface area contributed by atoms with Gasteiger partial charge in [-0.1, -0.05) is 30.7 Å². The van der Waals surface area contributed by atoms with Crippen molar-refractivity contribution >= 4 is 29.1 Å². The molecular formula is C15H14ClNO3. The van der Waals surface area contributed by atoms with Gasteiger partial charge in [-0.15, -0.1) is 0 Å². The lowest BCUT2D eigenvalue weighted by Gasteiger charge is -2.22. The number of carbonyl (C=O) groups is 2. The summed E-state index contributed by atoms with van der Waals surface area (Å²) in [6.45, 7) is 1.93. The molecule has 0 bridgehead atoms. The number of imide groups is 1. The molecule has 1 aliphatic carbocycles. The molecule has 5 heteroatoms. The average Bonchev–Trinajstić information content (AvgIpc) is 2.66. The Balaban J connectivity index is 2.06. The molecule has 1 aliphatic heterocycles. The predicted octanol–water partition coefficient (Wildman–Crippen LogP) is 2.75. The molecule has 0 saturated carbocycles. The van der Waals surface area contributed by atoms with Gasteiger partial charge in [0.25, 0.3) is 0 Å². The molecule has 3 atom stereocenters. The SMILES string of the molecule is C[C@@H]1C=CC[C@H]2C(=O)N(c3cc(Cl)ccc3O)C(=O)[C@H]12. The number of fused-ring (bicyclic) bond motifs is 1. The van der Waals surface area contributed by atoms with Crippen LogP contribution in [-0.4, -0.2) is 16.9 Å². The summed E-state index contributed by atoms with van der Waals surface area (Å²) in [7, 11) is 0. The second-order valence-corrected chi connectivity index (χ2v) is 5.74. The van der Waals surface area contributed by atoms with Crippen LogP contribution in [0.2, 0.25) is 5.02 Å². The number of hydrogen-bond donors (Lipinski definition) is 1. The molecule has 1 saturated heterocycles. The standard InChI is InChI=1S/C15H14ClNO3/c1-8-3-2-4-10-13(8)15(20)17(14(10)19)11-7-9(16)5-6-12(11)18/h2-3,5-8,10,13,18H,4H2,1H3/t8-,10-,13-/m1/s1. The van der Waals surface area contributed by atoms with Crippen molar-refractivity contribution in [2.24, 2.45) is 17.8 Å². The summed E-state index contributed by atoms with van der Waals surface area (Å²) in [4.78, 5) is 26.1. The van der Waals surface area contributed by atoms with Crippen LogP contribution in [0.15, 0.2) is 30.4 Å². The van der Waals surface area contributed by atoms with Crippen molar-refractivity contribution in [1.29, 1.82) is 0 Å². The van der Waals surface area contributed by atoms with Crippen molar-refractivity contribution in [3.63, 3.8) is 0 Å². The molecule has 2 aliphatic rings. The van der Waals surface area contributed by atoms with Gasteiger partial charge in [0.2, 0.25) is 11.8 Å². The van der Waals surface area contributed by atoms with Crippen LogP contribution in [0.1, 0.15) is 13.3 Å². The number of phenolic OH excluding ortho intramolecular Hbond substituents is 1. The molecule has 104 valence electrons. The normalized spacial score (nSPS) is 28.9. The number of benzene rings is 1. The first-order chi connectivity index (χ1) is 9.50. The van der Waals surface area contributed by atoms with Crippen molar-refractivity contribution < 1.29 is 14.7 Å². The minimum absolute atomic E-state index is 0.0246. The number of allylic oxidation sites excluding steroid dienone is 2. The fourth-order valence-corrected chi connectivity index (χ4v) is 3.23. The first-order valence-electron chi connectivity index (χ1n) is 6.53. The molecular weight excluding hydrogens is 278 g/mol. The number of rotatable bonds is 1. The Bertz CT molecular complexity index is 626. The third-order valence-corrected chi connectivity index (χ3v) is 4.29. The monoisotopic (exact) mass is 291 g/mol. The van der Waals surface area contributed by atoms with Gasteiger partial charge in [-0.05, 0) is 30.5 Å². The van der Waals surface area contributed by atoms with Gasteiger partial charge in [0.05, 0.1) is 17.5 Å². The summed E-state index contributed by atoms with van der Waals surface area (Å²) in [5, 5.41) is 10.3. The van der Waals surface area contributed by atoms with Gasteiger partial charge in [-0.3, -0.25) is 9.59 Å². The molecule has 4 nitrogen and oxygen atoms in total. The van der Waals surface area contributed by atoms with E-state index in [9.17, 15) is 14.7 Å². The van der Waals surface area contributed by atoms with E-state index in [0.29, 0.717) is 11.4 Å². The molecule has 1 fully saturated rings. The Hall–Kier alpha value is -1.81. The smallest absolute Gasteiger partial charge is 0.238 e. The first-order valence-corrected chi connectivity index (χ1v) is 6.91. The third kappa shape index (κ3) is 1.83. The largest absolute Gasteiger partial charge is 0.506 e. The number of carbonyl (C=O) groups excluding carboxylic acids is 2. The van der Waals surface area contributed by atoms with Crippen LogP contribution >= 0.6 is 11.6 Å². The highest BCUT2D eigenvalue weighted by Gasteiger charge is 2.50. The summed E-state index contributed by atoms with van der Waals surface area (Å²) >= 11 is 5.90. The Kier molecular flexibility index (Phi) is 3.05. The number of phenols is 1. The second-order valence-electron chi connectivity index (χ2n) is 5.30. The van der Waals surface area contributed by atoms with Crippen LogP contribution < -0.4 is 4.90 Å². The summed E-state index contributed by atoms with van der Waals surface area (Å²) < 4.78 is 0. The average molecular weight is 292 g/mol. The minimum Gasteiger partial charge on any atom is -0.506 e. The Morgan fingerprint density at radius 2 is 2.05 bits per heavy atom. The van der Waals surface area contributed by atoms with Crippen LogP contribution in [0, 0.1) is 17.8 Å². The van der Waals surface area contributed by atoms with Crippen LogP contribution in [0.5, 0.6) is 5.75 Å². The maximum atomic E-state index is 12.5. The molecule has 20 heavy (non-hydrogen) atoms. The number of amides is 2. The molecule has 0 aromatic heterocycles. The topological polar surface area (TPSA) is 57.6 Å². The lowest BCUT2D eigenvalue weighted by Crippen LogP contribution is -2.31. The highest BCUT2D eigenvalue weighted by molar-refractivity contribution is 6.31. The Morgan fingerprint density at radius 1 is 1.30 bits per heavy atom. The van der Waals surface area contributed by atoms with Crippen molar-refractivity contribution in [3.05, 3.63) is 35.4 Å². The Morgan fingerprint density at radius 3 is 2.75 bits per heavy atom. The van der Waals surface area contributed by atoms with E-state index in [4.69, 9.17) is 11.6 Å². The zero-order chi connectivity index (χ0) is 14.4. The predicted molar refractivity (Wildman–Crippen MR) is 75.5 cm³/mol. The number of anilines is 1. The summed E-state index contributed by atoms with van der Waals surface area (Å²) in [5.41, 5.74) is 0.175. The lowest BCUT2D eigenvalue weighted by atomic mass is 9.78. The highest BCUT2D eigenvalue weighted by Crippen LogP contribution is 2.43. The van der Waals surface area contributed by atoms with Gasteiger partial charge in [-0.25, -0.2) is 4.90 Å². The van der Waals surface area contributed by atoms with E-state index in [1.54, 1.807) is 0 Å². The van der Waals surface area contributed by atoms with E-state index in [1.807, 2.05) is 19.1 Å². The number of aromatic hydroxyl groups is 1. The van der Waals surface area contributed by atoms with E-state index < -0.39 is 0 Å². The summed E-state index contributed by atoms with van der Waals surface area (Å²) in [6.07, 6.45) is 4.48. The second kappa shape index (κ2) is 4.63.